The van der Waals surface area contributed by atoms with Gasteiger partial charge in [0.05, 0.1) is 6.61 Å². The van der Waals surface area contributed by atoms with Gasteiger partial charge in [0.15, 0.2) is 5.96 Å². The highest BCUT2D eigenvalue weighted by atomic mass is 127. The van der Waals surface area contributed by atoms with E-state index in [-0.39, 0.29) is 24.0 Å². The Morgan fingerprint density at radius 1 is 1.10 bits per heavy atom. The van der Waals surface area contributed by atoms with Crippen molar-refractivity contribution in [1.82, 2.24) is 9.80 Å². The Balaban J connectivity index is 0.00000361. The molecule has 1 aromatic rings. The van der Waals surface area contributed by atoms with Crippen LogP contribution in [0.15, 0.2) is 29.3 Å². The van der Waals surface area contributed by atoms with Crippen LogP contribution in [0.1, 0.15) is 12.5 Å². The Morgan fingerprint density at radius 2 is 1.70 bits per heavy atom. The van der Waals surface area contributed by atoms with Crippen molar-refractivity contribution in [3.05, 3.63) is 29.8 Å². The van der Waals surface area contributed by atoms with Crippen molar-refractivity contribution in [2.45, 2.75) is 13.3 Å². The second kappa shape index (κ2) is 9.85. The maximum atomic E-state index is 5.62. The SMILES string of the molecule is CCOc1ccccc1CCN=C(N(C)C)N(C)C.I. The zero-order chi connectivity index (χ0) is 14.3. The van der Waals surface area contributed by atoms with Gasteiger partial charge < -0.3 is 14.5 Å². The van der Waals surface area contributed by atoms with Crippen molar-refractivity contribution in [1.29, 1.82) is 0 Å². The summed E-state index contributed by atoms with van der Waals surface area (Å²) in [5, 5.41) is 0. The molecule has 0 aliphatic carbocycles. The number of aliphatic imine (C=N–C) groups is 1. The molecule has 0 saturated carbocycles. The van der Waals surface area contributed by atoms with E-state index in [1.807, 2.05) is 63.1 Å². The summed E-state index contributed by atoms with van der Waals surface area (Å²) in [6.07, 6.45) is 0.890. The highest BCUT2D eigenvalue weighted by Crippen LogP contribution is 2.18. The van der Waals surface area contributed by atoms with Gasteiger partial charge in [0.1, 0.15) is 5.75 Å². The zero-order valence-electron chi connectivity index (χ0n) is 13.1. The first-order valence-corrected chi connectivity index (χ1v) is 6.66. The Kier molecular flexibility index (Phi) is 9.37. The van der Waals surface area contributed by atoms with Crippen LogP contribution in [0.3, 0.4) is 0 Å². The molecule has 0 amide bonds. The van der Waals surface area contributed by atoms with E-state index in [1.165, 1.54) is 5.56 Å². The van der Waals surface area contributed by atoms with Crippen LogP contribution in [-0.2, 0) is 6.42 Å². The molecule has 4 nitrogen and oxygen atoms in total. The molecular weight excluding hydrogens is 365 g/mol. The van der Waals surface area contributed by atoms with Crippen LogP contribution in [0.4, 0.5) is 0 Å². The third kappa shape index (κ3) is 5.98. The van der Waals surface area contributed by atoms with Crippen molar-refractivity contribution >= 4 is 29.9 Å². The van der Waals surface area contributed by atoms with Gasteiger partial charge in [0.2, 0.25) is 0 Å². The average Bonchev–Trinajstić information content (AvgIpc) is 2.35. The van der Waals surface area contributed by atoms with Gasteiger partial charge >= 0.3 is 0 Å². The van der Waals surface area contributed by atoms with Crippen molar-refractivity contribution in [3.8, 4) is 5.75 Å². The van der Waals surface area contributed by atoms with E-state index in [4.69, 9.17) is 4.74 Å². The van der Waals surface area contributed by atoms with Gasteiger partial charge in [-0.05, 0) is 25.0 Å². The molecule has 1 aromatic carbocycles. The number of hydrogen-bond acceptors (Lipinski definition) is 2. The number of nitrogens with zero attached hydrogens (tertiary/aromatic N) is 3. The van der Waals surface area contributed by atoms with E-state index in [0.717, 1.165) is 24.7 Å². The lowest BCUT2D eigenvalue weighted by Crippen LogP contribution is -2.35. The van der Waals surface area contributed by atoms with Crippen LogP contribution in [0.5, 0.6) is 5.75 Å². The number of halogens is 1. The van der Waals surface area contributed by atoms with Crippen LogP contribution >= 0.6 is 24.0 Å². The van der Waals surface area contributed by atoms with Gasteiger partial charge in [0, 0.05) is 34.7 Å². The summed E-state index contributed by atoms with van der Waals surface area (Å²) >= 11 is 0. The molecule has 0 heterocycles. The Hall–Kier alpha value is -0.980. The van der Waals surface area contributed by atoms with Crippen molar-refractivity contribution in [3.63, 3.8) is 0 Å². The van der Waals surface area contributed by atoms with E-state index in [9.17, 15) is 0 Å². The van der Waals surface area contributed by atoms with Crippen LogP contribution in [0, 0.1) is 0 Å². The monoisotopic (exact) mass is 391 g/mol. The minimum Gasteiger partial charge on any atom is -0.494 e. The molecule has 0 unspecified atom stereocenters. The van der Waals surface area contributed by atoms with Crippen LogP contribution in [0.25, 0.3) is 0 Å². The highest BCUT2D eigenvalue weighted by Gasteiger charge is 2.05. The van der Waals surface area contributed by atoms with Gasteiger partial charge in [-0.2, -0.15) is 0 Å². The molecule has 1 rings (SSSR count). The van der Waals surface area contributed by atoms with E-state index >= 15 is 0 Å². The van der Waals surface area contributed by atoms with Gasteiger partial charge in [-0.1, -0.05) is 18.2 Å². The normalized spacial score (nSPS) is 9.45. The molecule has 20 heavy (non-hydrogen) atoms. The van der Waals surface area contributed by atoms with Crippen molar-refractivity contribution in [2.75, 3.05) is 41.3 Å². The number of para-hydroxylation sites is 1. The van der Waals surface area contributed by atoms with Crippen molar-refractivity contribution in [2.24, 2.45) is 4.99 Å². The molecule has 0 N–H and O–H groups in total. The highest BCUT2D eigenvalue weighted by molar-refractivity contribution is 14.0. The van der Waals surface area contributed by atoms with E-state index in [1.54, 1.807) is 0 Å². The minimum atomic E-state index is 0. The maximum absolute atomic E-state index is 5.62. The van der Waals surface area contributed by atoms with Gasteiger partial charge in [0.25, 0.3) is 0 Å². The first-order chi connectivity index (χ1) is 9.06. The smallest absolute Gasteiger partial charge is 0.195 e. The average molecular weight is 391 g/mol. The summed E-state index contributed by atoms with van der Waals surface area (Å²) in [6.45, 7) is 3.46. The van der Waals surface area contributed by atoms with Crippen molar-refractivity contribution < 1.29 is 4.74 Å². The number of benzene rings is 1. The van der Waals surface area contributed by atoms with E-state index in [2.05, 4.69) is 11.1 Å². The number of hydrogen-bond donors (Lipinski definition) is 0. The molecule has 0 spiro atoms. The van der Waals surface area contributed by atoms with Gasteiger partial charge in [-0.25, -0.2) is 0 Å². The predicted octanol–water partition coefficient (Wildman–Crippen LogP) is 2.73. The van der Waals surface area contributed by atoms with E-state index in [0.29, 0.717) is 6.61 Å². The summed E-state index contributed by atoms with van der Waals surface area (Å²) in [5.74, 6) is 1.95. The van der Waals surface area contributed by atoms with Crippen LogP contribution < -0.4 is 4.74 Å². The predicted molar refractivity (Wildman–Crippen MR) is 96.4 cm³/mol. The lowest BCUT2D eigenvalue weighted by molar-refractivity contribution is 0.336. The fourth-order valence-corrected chi connectivity index (χ4v) is 1.97. The first-order valence-electron chi connectivity index (χ1n) is 6.66. The number of guanidine groups is 1. The third-order valence-electron chi connectivity index (χ3n) is 2.71. The lowest BCUT2D eigenvalue weighted by Gasteiger charge is -2.22. The van der Waals surface area contributed by atoms with E-state index < -0.39 is 0 Å². The topological polar surface area (TPSA) is 28.1 Å². The molecule has 114 valence electrons. The molecule has 0 radical (unpaired) electrons. The fraction of sp³-hybridized carbons (Fsp3) is 0.533. The van der Waals surface area contributed by atoms with Crippen LogP contribution in [-0.4, -0.2) is 57.1 Å². The third-order valence-corrected chi connectivity index (χ3v) is 2.71. The molecule has 0 bridgehead atoms. The summed E-state index contributed by atoms with van der Waals surface area (Å²) in [5.41, 5.74) is 1.21. The second-order valence-corrected chi connectivity index (χ2v) is 4.76. The summed E-state index contributed by atoms with van der Waals surface area (Å²) in [4.78, 5) is 8.68. The standard InChI is InChI=1S/C15H25N3O.HI/c1-6-19-14-10-8-7-9-13(14)11-12-16-15(17(2)3)18(4)5;/h7-10H,6,11-12H2,1-5H3;1H. The lowest BCUT2D eigenvalue weighted by atomic mass is 10.1. The summed E-state index contributed by atoms with van der Waals surface area (Å²) < 4.78 is 5.62. The minimum absolute atomic E-state index is 0. The molecular formula is C15H26IN3O. The van der Waals surface area contributed by atoms with Gasteiger partial charge in [-0.15, -0.1) is 24.0 Å². The maximum Gasteiger partial charge on any atom is 0.195 e. The molecule has 0 fully saturated rings. The Labute approximate surface area is 139 Å². The zero-order valence-corrected chi connectivity index (χ0v) is 15.4. The molecule has 0 aliphatic rings. The molecule has 0 aliphatic heterocycles. The van der Waals surface area contributed by atoms with Gasteiger partial charge in [-0.3, -0.25) is 4.99 Å². The molecule has 5 heteroatoms. The second-order valence-electron chi connectivity index (χ2n) is 4.76. The molecule has 0 saturated heterocycles. The largest absolute Gasteiger partial charge is 0.494 e. The quantitative estimate of drug-likeness (QED) is 0.439. The number of rotatable bonds is 5. The summed E-state index contributed by atoms with van der Waals surface area (Å²) in [6, 6.07) is 8.16. The molecule has 0 aromatic heterocycles. The van der Waals surface area contributed by atoms with Crippen LogP contribution in [0.2, 0.25) is 0 Å². The summed E-state index contributed by atoms with van der Waals surface area (Å²) in [7, 11) is 8.03. The molecule has 0 atom stereocenters. The Morgan fingerprint density at radius 3 is 2.25 bits per heavy atom. The first kappa shape index (κ1) is 19.0. The Bertz CT molecular complexity index is 409. The number of ether oxygens (including phenoxy) is 1. The fourth-order valence-electron chi connectivity index (χ4n) is 1.97.